The van der Waals surface area contributed by atoms with Crippen LogP contribution in [0.3, 0.4) is 0 Å². The van der Waals surface area contributed by atoms with E-state index >= 15 is 0 Å². The Hall–Kier alpha value is -3.80. The summed E-state index contributed by atoms with van der Waals surface area (Å²) < 4.78 is 10.7. The van der Waals surface area contributed by atoms with Gasteiger partial charge in [-0.05, 0) is 19.1 Å². The van der Waals surface area contributed by atoms with Gasteiger partial charge in [0.1, 0.15) is 10.9 Å². The highest BCUT2D eigenvalue weighted by atomic mass is 35.5. The van der Waals surface area contributed by atoms with Gasteiger partial charge in [-0.2, -0.15) is 0 Å². The summed E-state index contributed by atoms with van der Waals surface area (Å²) in [4.78, 5) is 45.9. The molecule has 0 saturated heterocycles. The quantitative estimate of drug-likeness (QED) is 0.320. The third kappa shape index (κ3) is 5.00. The van der Waals surface area contributed by atoms with Crippen molar-refractivity contribution in [2.75, 3.05) is 19.5 Å². The van der Waals surface area contributed by atoms with E-state index < -0.39 is 5.91 Å². The van der Waals surface area contributed by atoms with Crippen LogP contribution in [0.1, 0.15) is 37.1 Å². The molecule has 4 aromatic heterocycles. The normalized spacial score (nSPS) is 12.3. The van der Waals surface area contributed by atoms with Crippen LogP contribution in [0.4, 0.5) is 5.13 Å². The number of pyridine rings is 3. The lowest BCUT2D eigenvalue weighted by atomic mass is 10.0. The van der Waals surface area contributed by atoms with Crippen LogP contribution < -0.4 is 14.8 Å². The molecule has 0 unspecified atom stereocenters. The van der Waals surface area contributed by atoms with Crippen LogP contribution in [0.15, 0.2) is 36.8 Å². The van der Waals surface area contributed by atoms with E-state index in [4.69, 9.17) is 32.7 Å². The molecule has 0 fully saturated rings. The number of aromatic nitrogens is 4. The molecule has 13 heteroatoms. The number of methoxy groups -OCH3 is 2. The Bertz CT molecular complexity index is 1550. The van der Waals surface area contributed by atoms with Crippen LogP contribution in [-0.4, -0.2) is 50.9 Å². The summed E-state index contributed by atoms with van der Waals surface area (Å²) in [6.45, 7) is 2.44. The maximum atomic E-state index is 13.3. The van der Waals surface area contributed by atoms with E-state index in [0.29, 0.717) is 50.6 Å². The van der Waals surface area contributed by atoms with Crippen LogP contribution in [0, 0.1) is 6.92 Å². The van der Waals surface area contributed by atoms with Crippen molar-refractivity contribution in [3.05, 3.63) is 74.5 Å². The summed E-state index contributed by atoms with van der Waals surface area (Å²) in [7, 11) is 2.97. The number of carbonyl (C=O) groups is 2. The van der Waals surface area contributed by atoms with E-state index in [1.807, 2.05) is 6.92 Å². The molecule has 38 heavy (non-hydrogen) atoms. The van der Waals surface area contributed by atoms with Gasteiger partial charge >= 0.3 is 0 Å². The molecule has 0 saturated carbocycles. The fourth-order valence-electron chi connectivity index (χ4n) is 4.04. The largest absolute Gasteiger partial charge is 0.494 e. The first-order valence-corrected chi connectivity index (χ1v) is 12.8. The fraction of sp³-hybridized carbons (Fsp3) is 0.200. The topological polar surface area (TPSA) is 119 Å². The van der Waals surface area contributed by atoms with Gasteiger partial charge < -0.3 is 14.4 Å². The molecule has 5 heterocycles. The number of hydrogen-bond acceptors (Lipinski definition) is 9. The Kier molecular flexibility index (Phi) is 7.15. The molecule has 0 aromatic carbocycles. The highest BCUT2D eigenvalue weighted by Crippen LogP contribution is 2.36. The number of rotatable bonds is 6. The number of hydrogen-bond donors (Lipinski definition) is 1. The Labute approximate surface area is 231 Å². The number of anilines is 1. The van der Waals surface area contributed by atoms with Crippen molar-refractivity contribution in [1.82, 2.24) is 24.8 Å². The molecule has 0 bridgehead atoms. The van der Waals surface area contributed by atoms with Crippen molar-refractivity contribution < 1.29 is 19.1 Å². The summed E-state index contributed by atoms with van der Waals surface area (Å²) in [5.41, 5.74) is 3.13. The molecule has 0 atom stereocenters. The van der Waals surface area contributed by atoms with Crippen LogP contribution in [0.5, 0.6) is 11.5 Å². The molecule has 0 spiro atoms. The highest BCUT2D eigenvalue weighted by molar-refractivity contribution is 7.16. The minimum atomic E-state index is -0.391. The van der Waals surface area contributed by atoms with Crippen molar-refractivity contribution in [2.24, 2.45) is 0 Å². The van der Waals surface area contributed by atoms with Crippen LogP contribution in [-0.2, 0) is 13.1 Å². The predicted octanol–water partition coefficient (Wildman–Crippen LogP) is 5.04. The third-order valence-electron chi connectivity index (χ3n) is 5.83. The van der Waals surface area contributed by atoms with E-state index in [9.17, 15) is 9.59 Å². The molecule has 0 radical (unpaired) electrons. The number of aryl methyl sites for hydroxylation is 1. The van der Waals surface area contributed by atoms with Gasteiger partial charge in [-0.25, -0.2) is 15.0 Å². The van der Waals surface area contributed by atoms with Gasteiger partial charge in [-0.3, -0.25) is 19.9 Å². The molecule has 1 aliphatic rings. The van der Waals surface area contributed by atoms with Gasteiger partial charge in [0.2, 0.25) is 0 Å². The highest BCUT2D eigenvalue weighted by Gasteiger charge is 2.31. The molecule has 5 rings (SSSR count). The number of nitrogens with one attached hydrogen (secondary N) is 1. The molecule has 4 aromatic rings. The number of fused-ring (bicyclic) bond motifs is 1. The first-order valence-electron chi connectivity index (χ1n) is 11.2. The molecule has 0 aliphatic carbocycles. The van der Waals surface area contributed by atoms with Gasteiger partial charge in [0.15, 0.2) is 16.6 Å². The van der Waals surface area contributed by atoms with E-state index in [1.165, 1.54) is 44.1 Å². The summed E-state index contributed by atoms with van der Waals surface area (Å²) in [5.74, 6) is 0.0831. The second kappa shape index (κ2) is 10.5. The number of ether oxygens (including phenoxy) is 2. The maximum absolute atomic E-state index is 13.3. The van der Waals surface area contributed by atoms with E-state index in [0.717, 1.165) is 10.6 Å². The first-order chi connectivity index (χ1) is 18.3. The minimum absolute atomic E-state index is 0.173. The number of halogens is 2. The molecule has 194 valence electrons. The number of nitrogens with zero attached hydrogens (tertiary/aromatic N) is 5. The van der Waals surface area contributed by atoms with Crippen molar-refractivity contribution >= 4 is 51.5 Å². The van der Waals surface area contributed by atoms with Crippen LogP contribution >= 0.6 is 34.5 Å². The lowest BCUT2D eigenvalue weighted by Crippen LogP contribution is -2.27. The van der Waals surface area contributed by atoms with E-state index in [-0.39, 0.29) is 23.3 Å². The Balaban J connectivity index is 1.35. The van der Waals surface area contributed by atoms with Crippen molar-refractivity contribution in [1.29, 1.82) is 0 Å². The zero-order valence-electron chi connectivity index (χ0n) is 20.4. The summed E-state index contributed by atoms with van der Waals surface area (Å²) >= 11 is 13.4. The second-order valence-electron chi connectivity index (χ2n) is 8.29. The van der Waals surface area contributed by atoms with Gasteiger partial charge in [0, 0.05) is 35.3 Å². The fourth-order valence-corrected chi connectivity index (χ4v) is 5.33. The molecular formula is C25H20Cl2N6O4S. The minimum Gasteiger partial charge on any atom is -0.494 e. The zero-order valence-corrected chi connectivity index (χ0v) is 22.7. The average Bonchev–Trinajstić information content (AvgIpc) is 3.47. The number of carbonyl (C=O) groups excluding carboxylic acids is 2. The molecule has 1 aliphatic heterocycles. The number of thiazole rings is 1. The van der Waals surface area contributed by atoms with E-state index in [2.05, 4.69) is 25.3 Å². The van der Waals surface area contributed by atoms with Gasteiger partial charge in [-0.15, -0.1) is 0 Å². The second-order valence-corrected chi connectivity index (χ2v) is 10.2. The number of amides is 2. The Morgan fingerprint density at radius 3 is 2.50 bits per heavy atom. The Morgan fingerprint density at radius 1 is 0.974 bits per heavy atom. The van der Waals surface area contributed by atoms with Gasteiger partial charge in [0.25, 0.3) is 11.8 Å². The van der Waals surface area contributed by atoms with Crippen LogP contribution in [0.25, 0.3) is 11.1 Å². The van der Waals surface area contributed by atoms with Gasteiger partial charge in [-0.1, -0.05) is 34.5 Å². The van der Waals surface area contributed by atoms with Gasteiger partial charge in [0.05, 0.1) is 54.7 Å². The third-order valence-corrected chi connectivity index (χ3v) is 7.24. The van der Waals surface area contributed by atoms with E-state index in [1.54, 1.807) is 23.1 Å². The summed E-state index contributed by atoms with van der Waals surface area (Å²) in [5, 5.41) is 3.92. The molecule has 10 nitrogen and oxygen atoms in total. The zero-order chi connectivity index (χ0) is 27.0. The predicted molar refractivity (Wildman–Crippen MR) is 143 cm³/mol. The summed E-state index contributed by atoms with van der Waals surface area (Å²) in [6, 6.07) is 4.97. The average molecular weight is 571 g/mol. The van der Waals surface area contributed by atoms with Crippen molar-refractivity contribution in [2.45, 2.75) is 20.0 Å². The Morgan fingerprint density at radius 2 is 1.76 bits per heavy atom. The molecule has 2 amide bonds. The lowest BCUT2D eigenvalue weighted by molar-refractivity contribution is 0.0741. The first kappa shape index (κ1) is 25.8. The SMILES string of the molecule is COc1cnc(Cl)cc1-c1cc(C)ncc1C(=O)Nc1nc2c(s1)CN(C(=O)c1ncc(Cl)cc1OC)C2. The molecular weight excluding hydrogens is 551 g/mol. The van der Waals surface area contributed by atoms with Crippen molar-refractivity contribution in [3.8, 4) is 22.6 Å². The van der Waals surface area contributed by atoms with Crippen molar-refractivity contribution in [3.63, 3.8) is 0 Å². The lowest BCUT2D eigenvalue weighted by Gasteiger charge is -2.16. The molecule has 1 N–H and O–H groups in total. The smallest absolute Gasteiger partial charge is 0.276 e. The standard InChI is InChI=1S/C25H20Cl2N6O4S/c1-12-4-14(15-6-21(27)29-9-19(15)37-3)16(8-28-12)23(34)32-25-31-17-10-33(11-20(17)38-25)24(35)22-18(36-2)5-13(26)7-30-22/h4-9H,10-11H2,1-3H3,(H,31,32,34). The maximum Gasteiger partial charge on any atom is 0.276 e. The monoisotopic (exact) mass is 570 g/mol. The van der Waals surface area contributed by atoms with Crippen LogP contribution in [0.2, 0.25) is 10.2 Å². The summed E-state index contributed by atoms with van der Waals surface area (Å²) in [6.07, 6.45) is 4.41.